The van der Waals surface area contributed by atoms with Crippen LogP contribution in [0.2, 0.25) is 0 Å². The Bertz CT molecular complexity index is 261. The fraction of sp³-hybridized carbons (Fsp3) is 0.636. The maximum absolute atomic E-state index is 9.46. The molecule has 2 heteroatoms. The van der Waals surface area contributed by atoms with Gasteiger partial charge < -0.3 is 5.11 Å². The summed E-state index contributed by atoms with van der Waals surface area (Å²) in [6, 6.07) is 0. The number of rotatable bonds is 3. The highest BCUT2D eigenvalue weighted by Gasteiger charge is 2.33. The van der Waals surface area contributed by atoms with Gasteiger partial charge in [-0.05, 0) is 25.8 Å². The van der Waals surface area contributed by atoms with Gasteiger partial charge in [-0.1, -0.05) is 25.0 Å². The van der Waals surface area contributed by atoms with Crippen LogP contribution in [0.4, 0.5) is 0 Å². The number of allylic oxidation sites excluding steroid dienone is 4. The third kappa shape index (κ3) is 2.28. The Balaban J connectivity index is 2.58. The molecule has 0 aromatic carbocycles. The lowest BCUT2D eigenvalue weighted by atomic mass is 10.1. The summed E-state index contributed by atoms with van der Waals surface area (Å²) in [6.45, 7) is 8.24. The van der Waals surface area contributed by atoms with Crippen molar-refractivity contribution < 1.29 is 5.11 Å². The first-order valence-corrected chi connectivity index (χ1v) is 5.14. The second kappa shape index (κ2) is 3.75. The van der Waals surface area contributed by atoms with E-state index in [9.17, 15) is 5.11 Å². The summed E-state index contributed by atoms with van der Waals surface area (Å²) in [5.41, 5.74) is 2.84. The van der Waals surface area contributed by atoms with Gasteiger partial charge in [0.25, 0.3) is 0 Å². The zero-order valence-corrected chi connectivity index (χ0v) is 9.39. The third-order valence-corrected chi connectivity index (χ3v) is 2.76. The van der Waals surface area contributed by atoms with Crippen molar-refractivity contribution in [3.63, 3.8) is 0 Å². The van der Waals surface area contributed by atoms with Crippen LogP contribution in [-0.2, 0) is 0 Å². The molecule has 0 bridgehead atoms. The van der Waals surface area contributed by atoms with E-state index in [1.165, 1.54) is 11.1 Å². The van der Waals surface area contributed by atoms with Crippen LogP contribution in [0, 0.1) is 11.8 Å². The summed E-state index contributed by atoms with van der Waals surface area (Å²) in [7, 11) is 0. The Kier molecular flexibility index (Phi) is 3.07. The Morgan fingerprint density at radius 2 is 2.00 bits per heavy atom. The fourth-order valence-corrected chi connectivity index (χ4v) is 1.78. The lowest BCUT2D eigenvalue weighted by Gasteiger charge is -2.02. The highest BCUT2D eigenvalue weighted by molar-refractivity contribution is 6.21. The standard InChI is InChI=1S/C11H17ClO/c1-6(2)11-7(3)9(11)5-10(13)8(4)12/h5-6,8-9,13H,1-4H3/b10-5+/t8-,9?/m0/s1. The molecule has 0 spiro atoms. The van der Waals surface area contributed by atoms with Gasteiger partial charge in [0.05, 0.1) is 5.38 Å². The molecule has 74 valence electrons. The van der Waals surface area contributed by atoms with Crippen molar-refractivity contribution in [1.82, 2.24) is 0 Å². The van der Waals surface area contributed by atoms with Crippen molar-refractivity contribution in [2.24, 2.45) is 11.8 Å². The van der Waals surface area contributed by atoms with E-state index in [0.29, 0.717) is 17.6 Å². The number of hydrogen-bond acceptors (Lipinski definition) is 1. The topological polar surface area (TPSA) is 20.2 Å². The first kappa shape index (κ1) is 10.6. The average molecular weight is 201 g/mol. The molecular formula is C11H17ClO. The summed E-state index contributed by atoms with van der Waals surface area (Å²) in [5, 5.41) is 9.18. The number of halogens is 1. The van der Waals surface area contributed by atoms with Crippen molar-refractivity contribution in [3.05, 3.63) is 23.0 Å². The van der Waals surface area contributed by atoms with E-state index in [1.807, 2.05) is 6.08 Å². The SMILES string of the molecule is CC1=C(C(C)C)C1/C=C(/O)[C@H](C)Cl. The second-order valence-corrected chi connectivity index (χ2v) is 4.63. The molecule has 1 unspecified atom stereocenters. The molecule has 0 aromatic rings. The molecule has 0 aliphatic heterocycles. The minimum Gasteiger partial charge on any atom is -0.511 e. The number of hydrogen-bond donors (Lipinski definition) is 1. The summed E-state index contributed by atoms with van der Waals surface area (Å²) in [5.74, 6) is 1.25. The predicted molar refractivity (Wildman–Crippen MR) is 57.1 cm³/mol. The van der Waals surface area contributed by atoms with Crippen molar-refractivity contribution in [1.29, 1.82) is 0 Å². The smallest absolute Gasteiger partial charge is 0.107 e. The number of alkyl halides is 1. The van der Waals surface area contributed by atoms with E-state index in [1.54, 1.807) is 6.92 Å². The van der Waals surface area contributed by atoms with Crippen LogP contribution in [0.3, 0.4) is 0 Å². The molecular weight excluding hydrogens is 184 g/mol. The molecule has 1 rings (SSSR count). The van der Waals surface area contributed by atoms with Gasteiger partial charge in [0, 0.05) is 5.92 Å². The van der Waals surface area contributed by atoms with Gasteiger partial charge in [0.2, 0.25) is 0 Å². The number of aliphatic hydroxyl groups excluding tert-OH is 1. The van der Waals surface area contributed by atoms with Gasteiger partial charge in [0.15, 0.2) is 0 Å². The van der Waals surface area contributed by atoms with Gasteiger partial charge in [-0.25, -0.2) is 0 Å². The van der Waals surface area contributed by atoms with E-state index in [2.05, 4.69) is 20.8 Å². The molecule has 1 nitrogen and oxygen atoms in total. The summed E-state index contributed by atoms with van der Waals surface area (Å²) >= 11 is 5.74. The van der Waals surface area contributed by atoms with E-state index in [-0.39, 0.29) is 5.38 Å². The molecule has 1 N–H and O–H groups in total. The van der Waals surface area contributed by atoms with Crippen molar-refractivity contribution >= 4 is 11.6 Å². The molecule has 2 atom stereocenters. The average Bonchev–Trinajstić information content (AvgIpc) is 2.61. The summed E-state index contributed by atoms with van der Waals surface area (Å²) < 4.78 is 0. The zero-order chi connectivity index (χ0) is 10.2. The van der Waals surface area contributed by atoms with Crippen LogP contribution < -0.4 is 0 Å². The molecule has 0 radical (unpaired) electrons. The first-order chi connectivity index (χ1) is 5.95. The molecule has 0 fully saturated rings. The van der Waals surface area contributed by atoms with Gasteiger partial charge in [0.1, 0.15) is 5.76 Å². The van der Waals surface area contributed by atoms with E-state index >= 15 is 0 Å². The van der Waals surface area contributed by atoms with Crippen molar-refractivity contribution in [2.75, 3.05) is 0 Å². The van der Waals surface area contributed by atoms with Crippen LogP contribution in [0.1, 0.15) is 27.7 Å². The quantitative estimate of drug-likeness (QED) is 0.419. The lowest BCUT2D eigenvalue weighted by Crippen LogP contribution is -1.97. The third-order valence-electron chi connectivity index (χ3n) is 2.54. The maximum atomic E-state index is 9.46. The highest BCUT2D eigenvalue weighted by Crippen LogP contribution is 2.45. The Labute approximate surface area is 85.1 Å². The second-order valence-electron chi connectivity index (χ2n) is 3.98. The van der Waals surface area contributed by atoms with E-state index in [0.717, 1.165) is 0 Å². The van der Waals surface area contributed by atoms with Gasteiger partial charge >= 0.3 is 0 Å². The Hall–Kier alpha value is -0.430. The summed E-state index contributed by atoms with van der Waals surface area (Å²) in [6.07, 6.45) is 1.86. The monoisotopic (exact) mass is 200 g/mol. The van der Waals surface area contributed by atoms with E-state index < -0.39 is 0 Å². The summed E-state index contributed by atoms with van der Waals surface area (Å²) in [4.78, 5) is 0. The van der Waals surface area contributed by atoms with Gasteiger partial charge in [-0.15, -0.1) is 11.6 Å². The predicted octanol–water partition coefficient (Wildman–Crippen LogP) is 3.66. The molecule has 0 saturated heterocycles. The normalized spacial score (nSPS) is 25.4. The van der Waals surface area contributed by atoms with Crippen LogP contribution in [-0.4, -0.2) is 10.5 Å². The van der Waals surface area contributed by atoms with Crippen LogP contribution >= 0.6 is 11.6 Å². The van der Waals surface area contributed by atoms with E-state index in [4.69, 9.17) is 11.6 Å². The molecule has 0 amide bonds. The van der Waals surface area contributed by atoms with Gasteiger partial charge in [-0.3, -0.25) is 0 Å². The molecule has 13 heavy (non-hydrogen) atoms. The Morgan fingerprint density at radius 3 is 2.31 bits per heavy atom. The molecule has 1 aliphatic rings. The first-order valence-electron chi connectivity index (χ1n) is 4.70. The van der Waals surface area contributed by atoms with Crippen molar-refractivity contribution in [2.45, 2.75) is 33.1 Å². The Morgan fingerprint density at radius 1 is 1.46 bits per heavy atom. The van der Waals surface area contributed by atoms with Crippen molar-refractivity contribution in [3.8, 4) is 0 Å². The lowest BCUT2D eigenvalue weighted by molar-refractivity contribution is 0.393. The van der Waals surface area contributed by atoms with Crippen LogP contribution in [0.15, 0.2) is 23.0 Å². The fourth-order valence-electron chi connectivity index (χ4n) is 1.71. The molecule has 0 heterocycles. The molecule has 1 aliphatic carbocycles. The molecule has 0 saturated carbocycles. The highest BCUT2D eigenvalue weighted by atomic mass is 35.5. The number of aliphatic hydroxyl groups is 1. The van der Waals surface area contributed by atoms with Crippen LogP contribution in [0.5, 0.6) is 0 Å². The largest absolute Gasteiger partial charge is 0.511 e. The maximum Gasteiger partial charge on any atom is 0.107 e. The van der Waals surface area contributed by atoms with Gasteiger partial charge in [-0.2, -0.15) is 0 Å². The van der Waals surface area contributed by atoms with Crippen LogP contribution in [0.25, 0.3) is 0 Å². The minimum absolute atomic E-state index is 0.276. The molecule has 0 aromatic heterocycles. The minimum atomic E-state index is -0.276. The zero-order valence-electron chi connectivity index (χ0n) is 8.63.